The first-order valence-corrected chi connectivity index (χ1v) is 17.3. The topological polar surface area (TPSA) is 24.1 Å². The SMILES string of the molecule is CC(C)(C)c1cc(CP(C(C)(C)C)C(C)(C)C)c(C(P)(C2CCCCN2)C2CCCCN2)[cH-]1.[Fe+2].c1cc[cH-]c1. The maximum atomic E-state index is 3.99. The molecule has 0 radical (unpaired) electrons. The van der Waals surface area contributed by atoms with Crippen LogP contribution in [0.3, 0.4) is 0 Å². The average molecular weight is 613 g/mol. The van der Waals surface area contributed by atoms with Crippen LogP contribution in [0.5, 0.6) is 0 Å². The van der Waals surface area contributed by atoms with Gasteiger partial charge in [-0.25, -0.2) is 18.2 Å². The van der Waals surface area contributed by atoms with Gasteiger partial charge in [0, 0.05) is 17.2 Å². The Balaban J connectivity index is 0.000000797. The molecular formula is C34H58FeN2P2. The summed E-state index contributed by atoms with van der Waals surface area (Å²) >= 11 is 0. The van der Waals surface area contributed by atoms with E-state index in [0.29, 0.717) is 22.4 Å². The van der Waals surface area contributed by atoms with Gasteiger partial charge in [-0.2, -0.15) is 41.0 Å². The van der Waals surface area contributed by atoms with E-state index in [1.165, 1.54) is 50.3 Å². The second kappa shape index (κ2) is 14.5. The summed E-state index contributed by atoms with van der Waals surface area (Å²) in [6.45, 7) is 24.3. The summed E-state index contributed by atoms with van der Waals surface area (Å²) in [6, 6.07) is 16.3. The minimum Gasteiger partial charge on any atom is -0.313 e. The minimum absolute atomic E-state index is 0. The molecule has 3 unspecified atom stereocenters. The molecule has 5 heteroatoms. The Labute approximate surface area is 256 Å². The Morgan fingerprint density at radius 2 is 1.31 bits per heavy atom. The predicted molar refractivity (Wildman–Crippen MR) is 176 cm³/mol. The third kappa shape index (κ3) is 9.24. The molecular weight excluding hydrogens is 554 g/mol. The molecule has 0 aliphatic carbocycles. The van der Waals surface area contributed by atoms with Crippen molar-refractivity contribution in [1.82, 2.24) is 10.6 Å². The van der Waals surface area contributed by atoms with E-state index in [-0.39, 0.29) is 35.6 Å². The van der Waals surface area contributed by atoms with E-state index in [2.05, 4.69) is 94.3 Å². The standard InChI is InChI=1S/C29H53N2P2.C5H5.Fe/c1-26(2,3)22-18-21(20-33(27(4,5)6)28(7,8)9)23(19-22)29(32,24-14-10-12-16-30-24)25-15-11-13-17-31-25;1-2-4-5-3-1;/h18-19,24-25,30-31H,10-17,20,32H2,1-9H3;1-5H;/q2*-1;+2. The molecule has 2 fully saturated rings. The Kier molecular flexibility index (Phi) is 13.0. The molecule has 2 heterocycles. The van der Waals surface area contributed by atoms with Gasteiger partial charge in [0.2, 0.25) is 0 Å². The van der Waals surface area contributed by atoms with Gasteiger partial charge in [-0.1, -0.05) is 81.3 Å². The second-order valence-electron chi connectivity index (χ2n) is 14.8. The molecule has 2 aromatic rings. The fourth-order valence-corrected chi connectivity index (χ4v) is 11.0. The molecule has 0 saturated carbocycles. The Morgan fingerprint density at radius 1 is 0.821 bits per heavy atom. The van der Waals surface area contributed by atoms with E-state index in [0.717, 1.165) is 13.1 Å². The van der Waals surface area contributed by atoms with Crippen molar-refractivity contribution in [2.45, 2.75) is 140 Å². The van der Waals surface area contributed by atoms with E-state index in [9.17, 15) is 0 Å². The van der Waals surface area contributed by atoms with Crippen molar-refractivity contribution in [2.24, 2.45) is 0 Å². The molecule has 2 aromatic carbocycles. The van der Waals surface area contributed by atoms with Gasteiger partial charge in [-0.3, -0.25) is 0 Å². The molecule has 3 atom stereocenters. The van der Waals surface area contributed by atoms with E-state index in [4.69, 9.17) is 0 Å². The van der Waals surface area contributed by atoms with Gasteiger partial charge in [0.25, 0.3) is 0 Å². The summed E-state index contributed by atoms with van der Waals surface area (Å²) in [5.74, 6) is 0. The van der Waals surface area contributed by atoms with Gasteiger partial charge >= 0.3 is 17.1 Å². The fourth-order valence-electron chi connectivity index (χ4n) is 6.63. The third-order valence-corrected chi connectivity index (χ3v) is 13.6. The van der Waals surface area contributed by atoms with Gasteiger partial charge in [0.05, 0.1) is 0 Å². The van der Waals surface area contributed by atoms with Crippen molar-refractivity contribution in [1.29, 1.82) is 0 Å². The van der Waals surface area contributed by atoms with Crippen molar-refractivity contribution < 1.29 is 17.1 Å². The molecule has 2 saturated heterocycles. The summed E-state index contributed by atoms with van der Waals surface area (Å²) in [7, 11) is 3.27. The van der Waals surface area contributed by atoms with E-state index >= 15 is 0 Å². The average Bonchev–Trinajstić information content (AvgIpc) is 3.55. The van der Waals surface area contributed by atoms with Crippen LogP contribution in [0.15, 0.2) is 42.5 Å². The van der Waals surface area contributed by atoms with Crippen molar-refractivity contribution >= 4 is 17.2 Å². The molecule has 39 heavy (non-hydrogen) atoms. The van der Waals surface area contributed by atoms with Crippen LogP contribution in [0.1, 0.15) is 118 Å². The number of piperidine rings is 2. The van der Waals surface area contributed by atoms with Gasteiger partial charge in [0.15, 0.2) is 0 Å². The first-order valence-electron chi connectivity index (χ1n) is 15.2. The van der Waals surface area contributed by atoms with Gasteiger partial charge < -0.3 is 10.6 Å². The summed E-state index contributed by atoms with van der Waals surface area (Å²) in [6.07, 6.45) is 9.11. The first kappa shape index (κ1) is 35.2. The Bertz CT molecular complexity index is 898. The Hall–Kier alpha value is -0.000519. The molecule has 0 aromatic heterocycles. The molecule has 0 bridgehead atoms. The summed E-state index contributed by atoms with van der Waals surface area (Å²) < 4.78 is 0. The minimum atomic E-state index is -0.190. The fraction of sp³-hybridized carbons (Fsp3) is 0.706. The predicted octanol–water partition coefficient (Wildman–Crippen LogP) is 9.04. The molecule has 0 spiro atoms. The summed E-state index contributed by atoms with van der Waals surface area (Å²) in [4.78, 5) is 0. The van der Waals surface area contributed by atoms with Crippen molar-refractivity contribution in [2.75, 3.05) is 13.1 Å². The number of hydrogen-bond acceptors (Lipinski definition) is 2. The quantitative estimate of drug-likeness (QED) is 0.200. The van der Waals surface area contributed by atoms with Gasteiger partial charge in [-0.05, 0) is 54.5 Å². The Morgan fingerprint density at radius 3 is 1.64 bits per heavy atom. The van der Waals surface area contributed by atoms with Crippen LogP contribution in [0.25, 0.3) is 0 Å². The second-order valence-corrected chi connectivity index (χ2v) is 19.6. The van der Waals surface area contributed by atoms with Crippen molar-refractivity contribution in [3.63, 3.8) is 0 Å². The maximum Gasteiger partial charge on any atom is 2.00 e. The summed E-state index contributed by atoms with van der Waals surface area (Å²) in [5.41, 5.74) is 4.94. The molecule has 222 valence electrons. The maximum absolute atomic E-state index is 3.99. The van der Waals surface area contributed by atoms with Crippen LogP contribution in [0.4, 0.5) is 0 Å². The van der Waals surface area contributed by atoms with Crippen LogP contribution in [-0.4, -0.2) is 35.5 Å². The molecule has 0 amide bonds. The monoisotopic (exact) mass is 612 g/mol. The molecule has 2 N–H and O–H groups in total. The van der Waals surface area contributed by atoms with Crippen LogP contribution in [0, 0.1) is 0 Å². The number of rotatable bonds is 5. The number of hydrogen-bond donors (Lipinski definition) is 2. The first-order chi connectivity index (χ1) is 17.6. The van der Waals surface area contributed by atoms with Crippen LogP contribution in [-0.2, 0) is 33.8 Å². The molecule has 2 nitrogen and oxygen atoms in total. The third-order valence-electron chi connectivity index (χ3n) is 8.59. The summed E-state index contributed by atoms with van der Waals surface area (Å²) in [5, 5.41) is 8.70. The zero-order valence-electron chi connectivity index (χ0n) is 26.4. The van der Waals surface area contributed by atoms with Crippen molar-refractivity contribution in [3.05, 3.63) is 59.2 Å². The van der Waals surface area contributed by atoms with E-state index in [1.54, 1.807) is 11.1 Å². The zero-order valence-corrected chi connectivity index (χ0v) is 29.6. The molecule has 4 rings (SSSR count). The smallest absolute Gasteiger partial charge is 0.313 e. The number of nitrogens with one attached hydrogen (secondary N) is 2. The van der Waals surface area contributed by atoms with E-state index in [1.807, 2.05) is 30.3 Å². The molecule has 2 aliphatic rings. The van der Waals surface area contributed by atoms with Crippen LogP contribution < -0.4 is 10.6 Å². The van der Waals surface area contributed by atoms with Crippen molar-refractivity contribution in [3.8, 4) is 0 Å². The van der Waals surface area contributed by atoms with Crippen LogP contribution >= 0.6 is 17.2 Å². The normalized spacial score (nSPS) is 22.4. The van der Waals surface area contributed by atoms with Gasteiger partial charge in [-0.15, -0.1) is 17.2 Å². The molecule has 2 aliphatic heterocycles. The largest absolute Gasteiger partial charge is 2.00 e. The zero-order chi connectivity index (χ0) is 28.2. The van der Waals surface area contributed by atoms with E-state index < -0.39 is 0 Å². The van der Waals surface area contributed by atoms with Crippen LogP contribution in [0.2, 0.25) is 0 Å². The van der Waals surface area contributed by atoms with Gasteiger partial charge in [0.1, 0.15) is 0 Å².